The van der Waals surface area contributed by atoms with Gasteiger partial charge in [-0.25, -0.2) is 0 Å². The van der Waals surface area contributed by atoms with Crippen molar-refractivity contribution in [1.82, 2.24) is 15.2 Å². The lowest BCUT2D eigenvalue weighted by atomic mass is 9.57. The van der Waals surface area contributed by atoms with Crippen LogP contribution in [0.4, 0.5) is 13.2 Å². The van der Waals surface area contributed by atoms with Crippen molar-refractivity contribution in [3.63, 3.8) is 0 Å². The number of fused-ring (bicyclic) bond motifs is 1. The number of ether oxygens (including phenoxy) is 1. The van der Waals surface area contributed by atoms with Crippen molar-refractivity contribution >= 4 is 22.1 Å². The molecule has 0 aliphatic heterocycles. The average molecular weight is 471 g/mol. The quantitative estimate of drug-likeness (QED) is 0.410. The fraction of sp³-hybridized carbons (Fsp3) is 0.261. The SMILES string of the molecule is O=c1[nH]c(O)c([C@H]2c3ccc(Oc4nnc(C(F)(F)F)c5ccccc45)cc3C3CC2C3)s1. The Balaban J connectivity index is 1.39. The summed E-state index contributed by atoms with van der Waals surface area (Å²) in [6.07, 6.45) is -2.74. The maximum absolute atomic E-state index is 13.3. The summed E-state index contributed by atoms with van der Waals surface area (Å²) in [6.45, 7) is 0. The lowest BCUT2D eigenvalue weighted by Gasteiger charge is -2.47. The Morgan fingerprint density at radius 2 is 1.82 bits per heavy atom. The standard InChI is InChI=1S/C23H16F3N3O3S/c24-23(25,26)19-14-3-1-2-4-15(14)21(29-28-19)32-12-5-6-13-16(9-12)10-7-11(8-10)17(13)18-20(30)27-22(31)33-18/h1-6,9-11,17,30H,7-8H2,(H,27,31)/t10?,11?,17-/m1/s1. The largest absolute Gasteiger partial charge is 0.494 e. The van der Waals surface area contributed by atoms with Gasteiger partial charge in [-0.15, -0.1) is 10.2 Å². The molecular weight excluding hydrogens is 455 g/mol. The van der Waals surface area contributed by atoms with Gasteiger partial charge in [-0.2, -0.15) is 13.2 Å². The van der Waals surface area contributed by atoms with Crippen LogP contribution in [0.15, 0.2) is 47.3 Å². The molecule has 0 amide bonds. The third-order valence-corrected chi connectivity index (χ3v) is 7.51. The Bertz CT molecular complexity index is 1460. The third-order valence-electron chi connectivity index (χ3n) is 6.55. The van der Waals surface area contributed by atoms with E-state index in [0.717, 1.165) is 35.3 Å². The molecule has 1 saturated carbocycles. The lowest BCUT2D eigenvalue weighted by Crippen LogP contribution is -2.34. The number of nitrogens with zero attached hydrogens (tertiary/aromatic N) is 2. The summed E-state index contributed by atoms with van der Waals surface area (Å²) in [4.78, 5) is 14.5. The Morgan fingerprint density at radius 3 is 2.52 bits per heavy atom. The summed E-state index contributed by atoms with van der Waals surface area (Å²) in [5.41, 5.74) is 1.04. The fourth-order valence-electron chi connectivity index (χ4n) is 5.07. The first-order valence-electron chi connectivity index (χ1n) is 10.4. The highest BCUT2D eigenvalue weighted by Crippen LogP contribution is 2.59. The number of thiazole rings is 1. The molecule has 6 nitrogen and oxygen atoms in total. The first-order valence-corrected chi connectivity index (χ1v) is 11.2. The van der Waals surface area contributed by atoms with E-state index in [4.69, 9.17) is 4.74 Å². The van der Waals surface area contributed by atoms with E-state index in [1.165, 1.54) is 18.2 Å². The number of aromatic nitrogens is 3. The monoisotopic (exact) mass is 471 g/mol. The molecule has 2 aromatic carbocycles. The van der Waals surface area contributed by atoms with Gasteiger partial charge in [0.2, 0.25) is 11.8 Å². The Labute approximate surface area is 188 Å². The topological polar surface area (TPSA) is 88.1 Å². The molecule has 7 rings (SSSR count). The van der Waals surface area contributed by atoms with Crippen LogP contribution in [0.2, 0.25) is 0 Å². The van der Waals surface area contributed by atoms with Crippen LogP contribution in [0, 0.1) is 5.92 Å². The van der Waals surface area contributed by atoms with E-state index in [2.05, 4.69) is 15.2 Å². The molecule has 0 unspecified atom stereocenters. The van der Waals surface area contributed by atoms with Crippen LogP contribution in [0.3, 0.4) is 0 Å². The molecule has 1 atom stereocenters. The highest BCUT2D eigenvalue weighted by Gasteiger charge is 2.46. The van der Waals surface area contributed by atoms with Gasteiger partial charge in [0, 0.05) is 16.7 Å². The number of hydrogen-bond donors (Lipinski definition) is 2. The molecule has 2 aromatic heterocycles. The van der Waals surface area contributed by atoms with Gasteiger partial charge < -0.3 is 9.84 Å². The highest BCUT2D eigenvalue weighted by atomic mass is 32.1. The zero-order valence-corrected chi connectivity index (χ0v) is 17.7. The summed E-state index contributed by atoms with van der Waals surface area (Å²) in [5.74, 6) is 0.990. The molecule has 0 saturated heterocycles. The zero-order valence-electron chi connectivity index (χ0n) is 16.9. The number of aromatic amines is 1. The van der Waals surface area contributed by atoms with Gasteiger partial charge in [-0.3, -0.25) is 9.78 Å². The minimum atomic E-state index is -4.62. The second kappa shape index (κ2) is 7.05. The molecule has 0 radical (unpaired) electrons. The van der Waals surface area contributed by atoms with Crippen LogP contribution in [-0.4, -0.2) is 20.3 Å². The molecular formula is C23H16F3N3O3S. The van der Waals surface area contributed by atoms with Crippen molar-refractivity contribution in [2.45, 2.75) is 30.9 Å². The van der Waals surface area contributed by atoms with Gasteiger partial charge >= 0.3 is 11.0 Å². The molecule has 2 heterocycles. The smallest absolute Gasteiger partial charge is 0.435 e. The predicted octanol–water partition coefficient (Wildman–Crippen LogP) is 5.54. The van der Waals surface area contributed by atoms with Gasteiger partial charge in [0.1, 0.15) is 5.75 Å². The van der Waals surface area contributed by atoms with Crippen LogP contribution >= 0.6 is 11.3 Å². The van der Waals surface area contributed by atoms with Crippen molar-refractivity contribution in [2.75, 3.05) is 0 Å². The zero-order chi connectivity index (χ0) is 22.9. The maximum atomic E-state index is 13.3. The van der Waals surface area contributed by atoms with E-state index in [1.54, 1.807) is 12.1 Å². The first-order chi connectivity index (χ1) is 15.8. The lowest BCUT2D eigenvalue weighted by molar-refractivity contribution is -0.140. The van der Waals surface area contributed by atoms with E-state index in [1.807, 2.05) is 12.1 Å². The molecule has 0 spiro atoms. The van der Waals surface area contributed by atoms with Crippen molar-refractivity contribution in [3.8, 4) is 17.5 Å². The average Bonchev–Trinajstić information content (AvgIpc) is 3.09. The van der Waals surface area contributed by atoms with Crippen LogP contribution in [0.25, 0.3) is 10.8 Å². The van der Waals surface area contributed by atoms with Crippen molar-refractivity contribution in [3.05, 3.63) is 73.8 Å². The normalized spacial score (nSPS) is 21.5. The second-order valence-corrected chi connectivity index (χ2v) is 9.44. The van der Waals surface area contributed by atoms with E-state index in [-0.39, 0.29) is 33.3 Å². The molecule has 3 aliphatic rings. The predicted molar refractivity (Wildman–Crippen MR) is 115 cm³/mol. The number of halogens is 3. The molecule has 3 aliphatic carbocycles. The summed E-state index contributed by atoms with van der Waals surface area (Å²) in [6, 6.07) is 11.5. The van der Waals surface area contributed by atoms with Crippen molar-refractivity contribution in [2.24, 2.45) is 5.92 Å². The number of rotatable bonds is 3. The number of alkyl halides is 3. The van der Waals surface area contributed by atoms with Crippen LogP contribution in [0.1, 0.15) is 46.4 Å². The maximum Gasteiger partial charge on any atom is 0.435 e. The molecule has 10 heteroatoms. The van der Waals surface area contributed by atoms with Gasteiger partial charge in [0.15, 0.2) is 5.69 Å². The number of nitrogens with one attached hydrogen (secondary N) is 1. The summed E-state index contributed by atoms with van der Waals surface area (Å²) >= 11 is 1.02. The summed E-state index contributed by atoms with van der Waals surface area (Å²) in [7, 11) is 0. The Hall–Kier alpha value is -3.40. The van der Waals surface area contributed by atoms with Crippen LogP contribution < -0.4 is 9.61 Å². The fourth-order valence-corrected chi connectivity index (χ4v) is 6.01. The van der Waals surface area contributed by atoms with Crippen molar-refractivity contribution in [1.29, 1.82) is 0 Å². The first kappa shape index (κ1) is 20.2. The van der Waals surface area contributed by atoms with Gasteiger partial charge in [0.25, 0.3) is 0 Å². The molecule has 4 aromatic rings. The van der Waals surface area contributed by atoms with Gasteiger partial charge in [-0.1, -0.05) is 35.6 Å². The molecule has 2 N–H and O–H groups in total. The molecule has 33 heavy (non-hydrogen) atoms. The molecule has 1 fully saturated rings. The summed E-state index contributed by atoms with van der Waals surface area (Å²) < 4.78 is 45.9. The minimum absolute atomic E-state index is 0.00102. The number of H-pyrrole nitrogens is 1. The van der Waals surface area contributed by atoms with Crippen LogP contribution in [-0.2, 0) is 6.18 Å². The van der Waals surface area contributed by atoms with Gasteiger partial charge in [-0.05, 0) is 54.0 Å². The Morgan fingerprint density at radius 1 is 1.06 bits per heavy atom. The molecule has 168 valence electrons. The van der Waals surface area contributed by atoms with Gasteiger partial charge in [0.05, 0.1) is 4.88 Å². The summed E-state index contributed by atoms with van der Waals surface area (Å²) in [5, 5.41) is 17.5. The van der Waals surface area contributed by atoms with Crippen LogP contribution in [0.5, 0.6) is 17.5 Å². The van der Waals surface area contributed by atoms with Crippen molar-refractivity contribution < 1.29 is 23.0 Å². The number of benzene rings is 2. The Kier molecular flexibility index (Phi) is 4.32. The minimum Gasteiger partial charge on any atom is -0.494 e. The number of hydrogen-bond acceptors (Lipinski definition) is 6. The second-order valence-electron chi connectivity index (χ2n) is 8.42. The number of aromatic hydroxyl groups is 1. The van der Waals surface area contributed by atoms with E-state index >= 15 is 0 Å². The highest BCUT2D eigenvalue weighted by molar-refractivity contribution is 7.09. The van der Waals surface area contributed by atoms with E-state index < -0.39 is 11.9 Å². The third kappa shape index (κ3) is 3.19. The van der Waals surface area contributed by atoms with E-state index in [9.17, 15) is 23.1 Å². The van der Waals surface area contributed by atoms with E-state index in [0.29, 0.717) is 22.5 Å². The molecule has 2 bridgehead atoms.